The Morgan fingerprint density at radius 3 is 2.08 bits per heavy atom. The molecule has 0 aliphatic rings. The summed E-state index contributed by atoms with van der Waals surface area (Å²) >= 11 is 0. The van der Waals surface area contributed by atoms with Gasteiger partial charge in [-0.05, 0) is 13.8 Å². The number of halogens is 2. The Morgan fingerprint density at radius 2 is 1.92 bits per heavy atom. The maximum atomic E-state index is 5.75. The Bertz CT molecular complexity index is 228. The molecule has 0 saturated heterocycles. The maximum absolute atomic E-state index is 5.75. The molecule has 1 rings (SSSR count). The molecule has 0 bridgehead atoms. The van der Waals surface area contributed by atoms with E-state index in [9.17, 15) is 0 Å². The van der Waals surface area contributed by atoms with Gasteiger partial charge in [-0.2, -0.15) is 0 Å². The Kier molecular flexibility index (Phi) is 5.50. The normalized spacial score (nSPS) is 10.0. The summed E-state index contributed by atoms with van der Waals surface area (Å²) in [4.78, 5) is 0. The molecule has 1 aromatic heterocycles. The molecule has 1 heterocycles. The van der Waals surface area contributed by atoms with Crippen molar-refractivity contribution in [1.29, 1.82) is 0 Å². The fourth-order valence-corrected chi connectivity index (χ4v) is 0.643. The topological polar surface area (TPSA) is 56.7 Å². The van der Waals surface area contributed by atoms with Crippen LogP contribution in [0.2, 0.25) is 0 Å². The van der Waals surface area contributed by atoms with E-state index >= 15 is 0 Å². The first-order valence-corrected chi connectivity index (χ1v) is 3.16. The molecular formula is C6H14Cl2N4. The molecule has 6 heteroatoms. The second kappa shape index (κ2) is 4.64. The van der Waals surface area contributed by atoms with Crippen LogP contribution in [-0.2, 0) is 12.6 Å². The molecule has 0 amide bonds. The minimum atomic E-state index is -0.381. The quantitative estimate of drug-likeness (QED) is 0.752. The highest BCUT2D eigenvalue weighted by atomic mass is 35.5. The highest BCUT2D eigenvalue weighted by molar-refractivity contribution is 5.85. The fourth-order valence-electron chi connectivity index (χ4n) is 0.643. The number of nitrogens with two attached hydrogens (primary N) is 1. The van der Waals surface area contributed by atoms with Crippen molar-refractivity contribution in [2.24, 2.45) is 12.8 Å². The van der Waals surface area contributed by atoms with Gasteiger partial charge in [-0.15, -0.1) is 29.9 Å². The lowest BCUT2D eigenvalue weighted by molar-refractivity contribution is 0.533. The Hall–Kier alpha value is -0.320. The molecule has 4 nitrogen and oxygen atoms in total. The Morgan fingerprint density at radius 1 is 1.42 bits per heavy atom. The van der Waals surface area contributed by atoms with Crippen molar-refractivity contribution in [2.75, 3.05) is 0 Å². The molecule has 0 saturated carbocycles. The third-order valence-electron chi connectivity index (χ3n) is 1.26. The lowest BCUT2D eigenvalue weighted by Crippen LogP contribution is -2.29. The van der Waals surface area contributed by atoms with Crippen molar-refractivity contribution in [1.82, 2.24) is 15.0 Å². The lowest BCUT2D eigenvalue weighted by Gasteiger charge is -2.13. The smallest absolute Gasteiger partial charge is 0.102 e. The van der Waals surface area contributed by atoms with Gasteiger partial charge in [0, 0.05) is 13.2 Å². The van der Waals surface area contributed by atoms with E-state index in [4.69, 9.17) is 5.73 Å². The molecule has 0 aliphatic carbocycles. The van der Waals surface area contributed by atoms with Crippen LogP contribution in [0.15, 0.2) is 6.20 Å². The standard InChI is InChI=1S/C6H12N4.2ClH/c1-6(2,7)5-4-10(3)9-8-5;;/h4H,7H2,1-3H3;2*1H. The maximum Gasteiger partial charge on any atom is 0.102 e. The van der Waals surface area contributed by atoms with Crippen molar-refractivity contribution in [3.8, 4) is 0 Å². The van der Waals surface area contributed by atoms with Crippen LogP contribution in [0.25, 0.3) is 0 Å². The van der Waals surface area contributed by atoms with Crippen LogP contribution in [0.5, 0.6) is 0 Å². The van der Waals surface area contributed by atoms with E-state index in [0.717, 1.165) is 5.69 Å². The number of hydrogen-bond acceptors (Lipinski definition) is 3. The number of rotatable bonds is 1. The third-order valence-corrected chi connectivity index (χ3v) is 1.26. The van der Waals surface area contributed by atoms with Gasteiger partial charge in [0.25, 0.3) is 0 Å². The Labute approximate surface area is 84.3 Å². The van der Waals surface area contributed by atoms with Gasteiger partial charge in [0.2, 0.25) is 0 Å². The van der Waals surface area contributed by atoms with E-state index in [0.29, 0.717) is 0 Å². The first kappa shape index (κ1) is 14.2. The van der Waals surface area contributed by atoms with Crippen LogP contribution in [-0.4, -0.2) is 15.0 Å². The minimum Gasteiger partial charge on any atom is -0.320 e. The molecule has 0 aliphatic heterocycles. The van der Waals surface area contributed by atoms with Gasteiger partial charge in [-0.1, -0.05) is 5.21 Å². The summed E-state index contributed by atoms with van der Waals surface area (Å²) in [5, 5.41) is 7.64. The van der Waals surface area contributed by atoms with E-state index in [2.05, 4.69) is 10.3 Å². The summed E-state index contributed by atoms with van der Waals surface area (Å²) in [7, 11) is 1.82. The minimum absolute atomic E-state index is 0. The molecule has 0 atom stereocenters. The van der Waals surface area contributed by atoms with Gasteiger partial charge in [0.05, 0.1) is 5.54 Å². The summed E-state index contributed by atoms with van der Waals surface area (Å²) in [6.07, 6.45) is 1.82. The zero-order valence-corrected chi connectivity index (χ0v) is 8.95. The molecule has 12 heavy (non-hydrogen) atoms. The highest BCUT2D eigenvalue weighted by Crippen LogP contribution is 2.11. The van der Waals surface area contributed by atoms with Gasteiger partial charge in [0.15, 0.2) is 0 Å². The zero-order valence-electron chi connectivity index (χ0n) is 7.31. The summed E-state index contributed by atoms with van der Waals surface area (Å²) < 4.78 is 1.64. The molecule has 1 aromatic rings. The van der Waals surface area contributed by atoms with Crippen molar-refractivity contribution >= 4 is 24.8 Å². The summed E-state index contributed by atoms with van der Waals surface area (Å²) in [5.74, 6) is 0. The first-order valence-electron chi connectivity index (χ1n) is 3.16. The number of nitrogens with zero attached hydrogens (tertiary/aromatic N) is 3. The second-order valence-corrected chi connectivity index (χ2v) is 3.00. The predicted octanol–water partition coefficient (Wildman–Crippen LogP) is 0.852. The average molecular weight is 213 g/mol. The SMILES string of the molecule is Cl.Cl.Cn1cc(C(C)(C)N)nn1. The van der Waals surface area contributed by atoms with Crippen LogP contribution in [0.1, 0.15) is 19.5 Å². The van der Waals surface area contributed by atoms with Crippen LogP contribution < -0.4 is 5.73 Å². The molecule has 72 valence electrons. The lowest BCUT2D eigenvalue weighted by atomic mass is 10.0. The van der Waals surface area contributed by atoms with E-state index in [1.54, 1.807) is 4.68 Å². The van der Waals surface area contributed by atoms with E-state index in [1.807, 2.05) is 27.1 Å². The predicted molar refractivity (Wildman–Crippen MR) is 52.7 cm³/mol. The molecule has 0 spiro atoms. The summed E-state index contributed by atoms with van der Waals surface area (Å²) in [5.41, 5.74) is 6.19. The average Bonchev–Trinajstić information content (AvgIpc) is 2.11. The molecule has 2 N–H and O–H groups in total. The molecule has 0 unspecified atom stereocenters. The van der Waals surface area contributed by atoms with Crippen LogP contribution in [0.3, 0.4) is 0 Å². The number of hydrogen-bond donors (Lipinski definition) is 1. The van der Waals surface area contributed by atoms with E-state index < -0.39 is 0 Å². The second-order valence-electron chi connectivity index (χ2n) is 3.00. The number of aromatic nitrogens is 3. The summed E-state index contributed by atoms with van der Waals surface area (Å²) in [6.45, 7) is 3.80. The van der Waals surface area contributed by atoms with Crippen molar-refractivity contribution in [3.05, 3.63) is 11.9 Å². The van der Waals surface area contributed by atoms with Crippen molar-refractivity contribution in [3.63, 3.8) is 0 Å². The van der Waals surface area contributed by atoms with Crippen molar-refractivity contribution < 1.29 is 0 Å². The monoisotopic (exact) mass is 212 g/mol. The number of aryl methyl sites for hydroxylation is 1. The zero-order chi connectivity index (χ0) is 7.78. The van der Waals surface area contributed by atoms with E-state index in [-0.39, 0.29) is 30.4 Å². The summed E-state index contributed by atoms with van der Waals surface area (Å²) in [6, 6.07) is 0. The Balaban J connectivity index is 0. The molecule has 0 radical (unpaired) electrons. The van der Waals surface area contributed by atoms with Crippen molar-refractivity contribution in [2.45, 2.75) is 19.4 Å². The molecular weight excluding hydrogens is 199 g/mol. The van der Waals surface area contributed by atoms with Gasteiger partial charge >= 0.3 is 0 Å². The van der Waals surface area contributed by atoms with Gasteiger partial charge < -0.3 is 5.73 Å². The van der Waals surface area contributed by atoms with Crippen LogP contribution >= 0.6 is 24.8 Å². The largest absolute Gasteiger partial charge is 0.320 e. The van der Waals surface area contributed by atoms with Crippen LogP contribution in [0, 0.1) is 0 Å². The van der Waals surface area contributed by atoms with Gasteiger partial charge in [-0.3, -0.25) is 4.68 Å². The fraction of sp³-hybridized carbons (Fsp3) is 0.667. The van der Waals surface area contributed by atoms with Gasteiger partial charge in [0.1, 0.15) is 5.69 Å². The third kappa shape index (κ3) is 3.38. The molecule has 0 fully saturated rings. The molecule has 0 aromatic carbocycles. The van der Waals surface area contributed by atoms with E-state index in [1.165, 1.54) is 0 Å². The first-order chi connectivity index (χ1) is 4.50. The van der Waals surface area contributed by atoms with Gasteiger partial charge in [-0.25, -0.2) is 0 Å². The van der Waals surface area contributed by atoms with Crippen LogP contribution in [0.4, 0.5) is 0 Å². The highest BCUT2D eigenvalue weighted by Gasteiger charge is 2.17.